The molecule has 23 heavy (non-hydrogen) atoms. The highest BCUT2D eigenvalue weighted by molar-refractivity contribution is 5.67. The molecule has 2 rings (SSSR count). The molecule has 2 aromatic rings. The van der Waals surface area contributed by atoms with Crippen LogP contribution in [0.3, 0.4) is 0 Å². The summed E-state index contributed by atoms with van der Waals surface area (Å²) in [5.41, 5.74) is 1.35. The van der Waals surface area contributed by atoms with Crippen LogP contribution >= 0.6 is 0 Å². The number of hydrogen-bond donors (Lipinski definition) is 3. The van der Waals surface area contributed by atoms with Crippen LogP contribution in [0.25, 0.3) is 0 Å². The summed E-state index contributed by atoms with van der Waals surface area (Å²) in [6.45, 7) is 5.97. The Hall–Kier alpha value is -2.49. The molecule has 0 unspecified atom stereocenters. The van der Waals surface area contributed by atoms with Gasteiger partial charge in [-0.1, -0.05) is 45.0 Å². The lowest BCUT2D eigenvalue weighted by molar-refractivity contribution is -0.137. The summed E-state index contributed by atoms with van der Waals surface area (Å²) in [5.74, 6) is -0.506. The highest BCUT2D eigenvalue weighted by Gasteiger charge is 2.29. The first kappa shape index (κ1) is 18.6. The van der Waals surface area contributed by atoms with Gasteiger partial charge in [-0.3, -0.25) is 4.79 Å². The molecule has 0 amide bonds. The summed E-state index contributed by atoms with van der Waals surface area (Å²) >= 11 is 0. The van der Waals surface area contributed by atoms with E-state index < -0.39 is 11.4 Å². The summed E-state index contributed by atoms with van der Waals surface area (Å²) in [5, 5.41) is 27.8. The first-order valence-electron chi connectivity index (χ1n) is 7.72. The van der Waals surface area contributed by atoms with Crippen molar-refractivity contribution < 1.29 is 20.1 Å². The zero-order valence-electron chi connectivity index (χ0n) is 13.8. The molecule has 0 aliphatic rings. The molecule has 4 nitrogen and oxygen atoms in total. The minimum Gasteiger partial charge on any atom is -0.508 e. The molecule has 0 atom stereocenters. The van der Waals surface area contributed by atoms with Gasteiger partial charge in [0.25, 0.3) is 0 Å². The van der Waals surface area contributed by atoms with Crippen molar-refractivity contribution in [3.8, 4) is 11.5 Å². The molecule has 124 valence electrons. The van der Waals surface area contributed by atoms with Crippen LogP contribution in [-0.2, 0) is 10.2 Å². The van der Waals surface area contributed by atoms with Crippen LogP contribution in [0.5, 0.6) is 11.5 Å². The molecule has 4 heteroatoms. The van der Waals surface area contributed by atoms with E-state index in [9.17, 15) is 15.0 Å². The van der Waals surface area contributed by atoms with E-state index in [0.29, 0.717) is 6.42 Å². The number of carboxylic acid groups (broad SMARTS) is 1. The number of carbonyl (C=O) groups is 1. The maximum atomic E-state index is 10.9. The Morgan fingerprint density at radius 2 is 1.22 bits per heavy atom. The maximum Gasteiger partial charge on any atom is 0.303 e. The molecule has 0 aliphatic heterocycles. The Balaban J connectivity index is 0.00000127. The zero-order chi connectivity index (χ0) is 17.5. The second-order valence-corrected chi connectivity index (χ2v) is 5.32. The van der Waals surface area contributed by atoms with Crippen molar-refractivity contribution in [1.29, 1.82) is 0 Å². The Bertz CT molecular complexity index is 569. The van der Waals surface area contributed by atoms with Crippen LogP contribution in [0.15, 0.2) is 48.5 Å². The van der Waals surface area contributed by atoms with E-state index in [-0.39, 0.29) is 17.9 Å². The number of aromatic hydroxyl groups is 2. The summed E-state index contributed by atoms with van der Waals surface area (Å²) in [7, 11) is 0. The number of rotatable bonds is 5. The van der Waals surface area contributed by atoms with Crippen molar-refractivity contribution in [2.24, 2.45) is 0 Å². The number of carboxylic acids is 1. The molecular weight excluding hydrogens is 292 g/mol. The van der Waals surface area contributed by atoms with Gasteiger partial charge in [-0.25, -0.2) is 0 Å². The Morgan fingerprint density at radius 3 is 1.52 bits per heavy atom. The molecule has 0 bridgehead atoms. The molecule has 0 heterocycles. The molecule has 0 spiro atoms. The fraction of sp³-hybridized carbons (Fsp3) is 0.316. The number of aliphatic carboxylic acids is 1. The minimum absolute atomic E-state index is 0.0399. The summed E-state index contributed by atoms with van der Waals surface area (Å²) in [6.07, 6.45) is 0.468. The molecule has 0 saturated heterocycles. The van der Waals surface area contributed by atoms with Crippen molar-refractivity contribution in [3.05, 3.63) is 59.7 Å². The second kappa shape index (κ2) is 8.22. The predicted molar refractivity (Wildman–Crippen MR) is 90.9 cm³/mol. The van der Waals surface area contributed by atoms with Crippen LogP contribution in [0.2, 0.25) is 0 Å². The first-order chi connectivity index (χ1) is 10.9. The fourth-order valence-electron chi connectivity index (χ4n) is 2.47. The van der Waals surface area contributed by atoms with Gasteiger partial charge in [-0.2, -0.15) is 0 Å². The van der Waals surface area contributed by atoms with E-state index in [1.807, 2.05) is 20.8 Å². The monoisotopic (exact) mass is 316 g/mol. The normalized spacial score (nSPS) is 10.6. The van der Waals surface area contributed by atoms with Crippen LogP contribution in [0, 0.1) is 0 Å². The average Bonchev–Trinajstić information content (AvgIpc) is 2.56. The van der Waals surface area contributed by atoms with Crippen molar-refractivity contribution in [2.75, 3.05) is 0 Å². The Morgan fingerprint density at radius 1 is 0.870 bits per heavy atom. The highest BCUT2D eigenvalue weighted by Crippen LogP contribution is 2.37. The molecule has 0 fully saturated rings. The summed E-state index contributed by atoms with van der Waals surface area (Å²) in [6, 6.07) is 13.6. The van der Waals surface area contributed by atoms with Crippen molar-refractivity contribution in [1.82, 2.24) is 0 Å². The molecule has 3 N–H and O–H groups in total. The number of benzene rings is 2. The van der Waals surface area contributed by atoms with Crippen LogP contribution in [0.1, 0.15) is 44.7 Å². The summed E-state index contributed by atoms with van der Waals surface area (Å²) < 4.78 is 0. The minimum atomic E-state index is -0.848. The van der Waals surface area contributed by atoms with Crippen LogP contribution in [0.4, 0.5) is 0 Å². The Labute approximate surface area is 137 Å². The zero-order valence-corrected chi connectivity index (χ0v) is 13.8. The second-order valence-electron chi connectivity index (χ2n) is 5.32. The average molecular weight is 316 g/mol. The van der Waals surface area contributed by atoms with Gasteiger partial charge < -0.3 is 15.3 Å². The van der Waals surface area contributed by atoms with Gasteiger partial charge >= 0.3 is 5.97 Å². The standard InChI is InChI=1S/C17H18O4.C2H6/c1-17(11-10-16(20)21,12-2-6-14(18)7-3-12)13-4-8-15(19)9-5-13;1-2/h2-9,18-19H,10-11H2,1H3,(H,20,21);1-2H3. The predicted octanol–water partition coefficient (Wildman–Crippen LogP) is 4.29. The number of phenolic OH excluding ortho intramolecular Hbond substituents is 2. The molecule has 2 aromatic carbocycles. The smallest absolute Gasteiger partial charge is 0.303 e. The quantitative estimate of drug-likeness (QED) is 0.768. The van der Waals surface area contributed by atoms with E-state index in [0.717, 1.165) is 11.1 Å². The van der Waals surface area contributed by atoms with Gasteiger partial charge in [0.05, 0.1) is 0 Å². The largest absolute Gasteiger partial charge is 0.508 e. The van der Waals surface area contributed by atoms with E-state index in [2.05, 4.69) is 0 Å². The van der Waals surface area contributed by atoms with Crippen LogP contribution in [-0.4, -0.2) is 21.3 Å². The molecule has 0 aliphatic carbocycles. The van der Waals surface area contributed by atoms with E-state index in [1.54, 1.807) is 48.5 Å². The van der Waals surface area contributed by atoms with Gasteiger partial charge in [-0.05, 0) is 41.8 Å². The summed E-state index contributed by atoms with van der Waals surface area (Å²) in [4.78, 5) is 10.9. The molecule has 0 saturated carbocycles. The SMILES string of the molecule is CC.CC(CCC(=O)O)(c1ccc(O)cc1)c1ccc(O)cc1. The lowest BCUT2D eigenvalue weighted by atomic mass is 9.73. The van der Waals surface area contributed by atoms with Crippen molar-refractivity contribution >= 4 is 5.97 Å². The Kier molecular flexibility index (Phi) is 6.64. The third kappa shape index (κ3) is 4.74. The van der Waals surface area contributed by atoms with E-state index in [4.69, 9.17) is 5.11 Å². The highest BCUT2D eigenvalue weighted by atomic mass is 16.4. The molecular formula is C19H24O4. The molecule has 0 aromatic heterocycles. The first-order valence-corrected chi connectivity index (χ1v) is 7.72. The van der Waals surface area contributed by atoms with Gasteiger partial charge in [-0.15, -0.1) is 0 Å². The van der Waals surface area contributed by atoms with Gasteiger partial charge in [0.1, 0.15) is 11.5 Å². The number of phenols is 2. The van der Waals surface area contributed by atoms with E-state index in [1.165, 1.54) is 0 Å². The van der Waals surface area contributed by atoms with E-state index >= 15 is 0 Å². The lowest BCUT2D eigenvalue weighted by Crippen LogP contribution is -2.24. The maximum absolute atomic E-state index is 10.9. The molecule has 0 radical (unpaired) electrons. The third-order valence-electron chi connectivity index (χ3n) is 3.85. The lowest BCUT2D eigenvalue weighted by Gasteiger charge is -2.30. The third-order valence-corrected chi connectivity index (χ3v) is 3.85. The van der Waals surface area contributed by atoms with Crippen LogP contribution < -0.4 is 0 Å². The van der Waals surface area contributed by atoms with Crippen molar-refractivity contribution in [3.63, 3.8) is 0 Å². The topological polar surface area (TPSA) is 77.8 Å². The fourth-order valence-corrected chi connectivity index (χ4v) is 2.47. The van der Waals surface area contributed by atoms with Crippen molar-refractivity contribution in [2.45, 2.75) is 39.0 Å². The van der Waals surface area contributed by atoms with Gasteiger partial charge in [0, 0.05) is 11.8 Å². The number of hydrogen-bond acceptors (Lipinski definition) is 3. The van der Waals surface area contributed by atoms with Gasteiger partial charge in [0.2, 0.25) is 0 Å². The van der Waals surface area contributed by atoms with Gasteiger partial charge in [0.15, 0.2) is 0 Å².